The molecule has 30 heavy (non-hydrogen) atoms. The van der Waals surface area contributed by atoms with E-state index in [1.807, 2.05) is 6.92 Å². The maximum atomic E-state index is 13.3. The lowest BCUT2D eigenvalue weighted by molar-refractivity contribution is -0.139. The zero-order valence-electron chi connectivity index (χ0n) is 16.9. The Hall–Kier alpha value is -3.35. The number of likely N-dealkylation sites (tertiary alicyclic amines) is 1. The van der Waals surface area contributed by atoms with E-state index in [0.29, 0.717) is 18.5 Å². The number of hydrogen-bond donors (Lipinski definition) is 2. The molecule has 6 nitrogen and oxygen atoms in total. The van der Waals surface area contributed by atoms with Gasteiger partial charge in [0.25, 0.3) is 11.7 Å². The molecule has 2 N–H and O–H groups in total. The Labute approximate surface area is 174 Å². The smallest absolute Gasteiger partial charge is 0.295 e. The second kappa shape index (κ2) is 8.98. The van der Waals surface area contributed by atoms with Gasteiger partial charge in [-0.25, -0.2) is 4.39 Å². The van der Waals surface area contributed by atoms with E-state index >= 15 is 0 Å². The van der Waals surface area contributed by atoms with Crippen LogP contribution in [0, 0.1) is 5.82 Å². The summed E-state index contributed by atoms with van der Waals surface area (Å²) in [7, 11) is 1.42. The van der Waals surface area contributed by atoms with Gasteiger partial charge in [-0.2, -0.15) is 0 Å². The Balaban J connectivity index is 2.13. The number of phenols is 1. The number of unbranched alkanes of at least 4 members (excludes halogenated alkanes) is 2. The summed E-state index contributed by atoms with van der Waals surface area (Å²) in [6, 6.07) is 8.74. The zero-order valence-corrected chi connectivity index (χ0v) is 16.9. The number of hydrogen-bond acceptors (Lipinski definition) is 5. The molecule has 1 saturated heterocycles. The van der Waals surface area contributed by atoms with Crippen molar-refractivity contribution in [1.29, 1.82) is 0 Å². The second-order valence-electron chi connectivity index (χ2n) is 7.14. The van der Waals surface area contributed by atoms with Crippen LogP contribution >= 0.6 is 0 Å². The van der Waals surface area contributed by atoms with Gasteiger partial charge in [0, 0.05) is 12.1 Å². The number of halogens is 1. The maximum absolute atomic E-state index is 13.3. The molecule has 2 aromatic carbocycles. The van der Waals surface area contributed by atoms with Crippen molar-refractivity contribution < 1.29 is 28.9 Å². The number of aliphatic hydroxyl groups is 1. The fraction of sp³-hybridized carbons (Fsp3) is 0.304. The van der Waals surface area contributed by atoms with E-state index in [1.165, 1.54) is 48.4 Å². The van der Waals surface area contributed by atoms with Gasteiger partial charge in [-0.1, -0.05) is 25.8 Å². The molecule has 0 saturated carbocycles. The number of aromatic hydroxyl groups is 1. The highest BCUT2D eigenvalue weighted by Gasteiger charge is 2.45. The first-order chi connectivity index (χ1) is 14.4. The van der Waals surface area contributed by atoms with Gasteiger partial charge in [-0.15, -0.1) is 0 Å². The van der Waals surface area contributed by atoms with E-state index in [4.69, 9.17) is 4.74 Å². The quantitative estimate of drug-likeness (QED) is 0.308. The number of ether oxygens (including phenoxy) is 1. The SMILES string of the molecule is CCCCCN1C(=O)C(=O)/C(=C(\O)c2ccc(F)cc2)C1c1ccc(OC)c(O)c1. The van der Waals surface area contributed by atoms with Gasteiger partial charge < -0.3 is 19.8 Å². The van der Waals surface area contributed by atoms with Crippen molar-refractivity contribution in [3.8, 4) is 11.5 Å². The molecule has 7 heteroatoms. The molecule has 0 radical (unpaired) electrons. The van der Waals surface area contributed by atoms with E-state index in [9.17, 15) is 24.2 Å². The number of aliphatic hydroxyl groups excluding tert-OH is 1. The topological polar surface area (TPSA) is 87.1 Å². The van der Waals surface area contributed by atoms with E-state index in [1.54, 1.807) is 6.07 Å². The Bertz CT molecular complexity index is 984. The minimum absolute atomic E-state index is 0.0901. The summed E-state index contributed by atoms with van der Waals surface area (Å²) >= 11 is 0. The minimum atomic E-state index is -0.872. The van der Waals surface area contributed by atoms with Crippen LogP contribution in [0.1, 0.15) is 43.4 Å². The van der Waals surface area contributed by atoms with Crippen LogP contribution in [0.15, 0.2) is 48.0 Å². The first-order valence-corrected chi connectivity index (χ1v) is 9.80. The largest absolute Gasteiger partial charge is 0.507 e. The molecule has 1 aliphatic rings. The number of phenolic OH excluding ortho intramolecular Hbond substituents is 1. The predicted octanol–water partition coefficient (Wildman–Crippen LogP) is 4.15. The lowest BCUT2D eigenvalue weighted by Crippen LogP contribution is -2.30. The number of amides is 1. The fourth-order valence-corrected chi connectivity index (χ4v) is 3.63. The Morgan fingerprint density at radius 2 is 1.83 bits per heavy atom. The molecular formula is C23H24FNO5. The number of Topliss-reactive ketones (excluding diaryl/α,β-unsaturated/α-hetero) is 1. The van der Waals surface area contributed by atoms with Crippen molar-refractivity contribution in [3.63, 3.8) is 0 Å². The molecule has 0 bridgehead atoms. The molecule has 1 fully saturated rings. The first kappa shape index (κ1) is 21.4. The highest BCUT2D eigenvalue weighted by atomic mass is 19.1. The summed E-state index contributed by atoms with van der Waals surface area (Å²) in [5, 5.41) is 21.1. The number of carbonyl (C=O) groups excluding carboxylic acids is 2. The normalized spacial score (nSPS) is 18.1. The summed E-state index contributed by atoms with van der Waals surface area (Å²) in [6.45, 7) is 2.36. The van der Waals surface area contributed by atoms with Crippen molar-refractivity contribution in [2.75, 3.05) is 13.7 Å². The van der Waals surface area contributed by atoms with E-state index in [-0.39, 0.29) is 28.4 Å². The number of methoxy groups -OCH3 is 1. The number of rotatable bonds is 7. The lowest BCUT2D eigenvalue weighted by Gasteiger charge is -2.25. The Kier molecular flexibility index (Phi) is 6.40. The summed E-state index contributed by atoms with van der Waals surface area (Å²) < 4.78 is 18.4. The summed E-state index contributed by atoms with van der Waals surface area (Å²) in [6.07, 6.45) is 2.51. The number of nitrogens with zero attached hydrogens (tertiary/aromatic N) is 1. The standard InChI is InChI=1S/C23H24FNO5/c1-3-4-5-12-25-20(15-8-11-18(30-2)17(26)13-15)19(22(28)23(25)29)21(27)14-6-9-16(24)10-7-14/h6-11,13,20,26-27H,3-5,12H2,1-2H3/b21-19-. The molecule has 0 spiro atoms. The van der Waals surface area contributed by atoms with Gasteiger partial charge >= 0.3 is 0 Å². The highest BCUT2D eigenvalue weighted by molar-refractivity contribution is 6.46. The van der Waals surface area contributed by atoms with Crippen LogP contribution in [0.2, 0.25) is 0 Å². The van der Waals surface area contributed by atoms with Crippen molar-refractivity contribution >= 4 is 17.4 Å². The monoisotopic (exact) mass is 413 g/mol. The lowest BCUT2D eigenvalue weighted by atomic mass is 9.95. The second-order valence-corrected chi connectivity index (χ2v) is 7.14. The molecule has 1 unspecified atom stereocenters. The molecule has 0 aromatic heterocycles. The van der Waals surface area contributed by atoms with Crippen molar-refractivity contribution in [2.45, 2.75) is 32.2 Å². The van der Waals surface area contributed by atoms with Crippen LogP contribution < -0.4 is 4.74 Å². The Morgan fingerprint density at radius 3 is 2.43 bits per heavy atom. The van der Waals surface area contributed by atoms with Gasteiger partial charge in [0.1, 0.15) is 11.6 Å². The van der Waals surface area contributed by atoms with Crippen molar-refractivity contribution in [3.05, 3.63) is 65.0 Å². The van der Waals surface area contributed by atoms with Gasteiger partial charge in [-0.3, -0.25) is 9.59 Å². The number of ketones is 1. The van der Waals surface area contributed by atoms with Gasteiger partial charge in [0.05, 0.1) is 18.7 Å². The molecule has 158 valence electrons. The summed E-state index contributed by atoms with van der Waals surface area (Å²) in [4.78, 5) is 27.0. The third kappa shape index (κ3) is 4.01. The highest BCUT2D eigenvalue weighted by Crippen LogP contribution is 2.41. The average Bonchev–Trinajstić information content (AvgIpc) is 2.99. The van der Waals surface area contributed by atoms with Crippen LogP contribution in [0.3, 0.4) is 0 Å². The molecule has 1 amide bonds. The molecule has 1 heterocycles. The molecule has 0 aliphatic carbocycles. The first-order valence-electron chi connectivity index (χ1n) is 9.80. The van der Waals surface area contributed by atoms with Gasteiger partial charge in [-0.05, 0) is 48.4 Å². The zero-order chi connectivity index (χ0) is 21.8. The summed E-state index contributed by atoms with van der Waals surface area (Å²) in [5.74, 6) is -2.28. The fourth-order valence-electron chi connectivity index (χ4n) is 3.63. The van der Waals surface area contributed by atoms with Gasteiger partial charge in [0.2, 0.25) is 0 Å². The minimum Gasteiger partial charge on any atom is -0.507 e. The van der Waals surface area contributed by atoms with Crippen LogP contribution in [0.4, 0.5) is 4.39 Å². The van der Waals surface area contributed by atoms with Crippen molar-refractivity contribution in [2.24, 2.45) is 0 Å². The number of carbonyl (C=O) groups is 2. The molecule has 2 aromatic rings. The molecule has 1 atom stereocenters. The molecule has 3 rings (SSSR count). The molecule has 1 aliphatic heterocycles. The predicted molar refractivity (Wildman–Crippen MR) is 110 cm³/mol. The van der Waals surface area contributed by atoms with Crippen LogP contribution in [0.25, 0.3) is 5.76 Å². The average molecular weight is 413 g/mol. The third-order valence-corrected chi connectivity index (χ3v) is 5.18. The van der Waals surface area contributed by atoms with Crippen LogP contribution in [-0.2, 0) is 9.59 Å². The summed E-state index contributed by atoms with van der Waals surface area (Å²) in [5.41, 5.74) is 0.603. The van der Waals surface area contributed by atoms with Crippen LogP contribution in [0.5, 0.6) is 11.5 Å². The van der Waals surface area contributed by atoms with Gasteiger partial charge in [0.15, 0.2) is 11.5 Å². The Morgan fingerprint density at radius 1 is 1.13 bits per heavy atom. The van der Waals surface area contributed by atoms with E-state index in [2.05, 4.69) is 0 Å². The maximum Gasteiger partial charge on any atom is 0.295 e. The molecular weight excluding hydrogens is 389 g/mol. The third-order valence-electron chi connectivity index (χ3n) is 5.18. The van der Waals surface area contributed by atoms with Crippen molar-refractivity contribution in [1.82, 2.24) is 4.90 Å². The number of benzene rings is 2. The van der Waals surface area contributed by atoms with E-state index < -0.39 is 23.5 Å². The van der Waals surface area contributed by atoms with Crippen LogP contribution in [-0.4, -0.2) is 40.5 Å². The van der Waals surface area contributed by atoms with E-state index in [0.717, 1.165) is 12.8 Å².